The quantitative estimate of drug-likeness (QED) is 0.649. The molecular formula is C19H14Cl2O. The Morgan fingerprint density at radius 1 is 0.636 bits per heavy atom. The maximum absolute atomic E-state index is 10.5. The molecule has 1 unspecified atom stereocenters. The van der Waals surface area contributed by atoms with Crippen molar-refractivity contribution in [3.63, 3.8) is 0 Å². The lowest BCUT2D eigenvalue weighted by atomic mass is 9.98. The van der Waals surface area contributed by atoms with Crippen LogP contribution in [0, 0.1) is 0 Å². The summed E-state index contributed by atoms with van der Waals surface area (Å²) >= 11 is 11.9. The molecule has 0 aliphatic rings. The molecule has 1 nitrogen and oxygen atoms in total. The molecule has 0 heterocycles. The molecule has 0 aromatic heterocycles. The lowest BCUT2D eigenvalue weighted by Crippen LogP contribution is -1.99. The fraction of sp³-hybridized carbons (Fsp3) is 0.0526. The SMILES string of the molecule is OC(c1ccc(-c2ccccc2)cc1)c1ccc(Cl)c(Cl)c1. The van der Waals surface area contributed by atoms with Gasteiger partial charge in [-0.1, -0.05) is 83.9 Å². The normalized spacial score (nSPS) is 12.1. The van der Waals surface area contributed by atoms with E-state index in [4.69, 9.17) is 23.2 Å². The zero-order valence-corrected chi connectivity index (χ0v) is 13.2. The number of halogens is 2. The van der Waals surface area contributed by atoms with Crippen LogP contribution in [0.3, 0.4) is 0 Å². The average Bonchev–Trinajstić information content (AvgIpc) is 2.58. The van der Waals surface area contributed by atoms with Crippen LogP contribution in [0.4, 0.5) is 0 Å². The van der Waals surface area contributed by atoms with Gasteiger partial charge in [0.2, 0.25) is 0 Å². The number of benzene rings is 3. The van der Waals surface area contributed by atoms with Crippen molar-refractivity contribution in [1.29, 1.82) is 0 Å². The summed E-state index contributed by atoms with van der Waals surface area (Å²) in [6.07, 6.45) is -0.723. The minimum Gasteiger partial charge on any atom is -0.384 e. The monoisotopic (exact) mass is 328 g/mol. The second kappa shape index (κ2) is 6.53. The van der Waals surface area contributed by atoms with Crippen LogP contribution in [0.25, 0.3) is 11.1 Å². The van der Waals surface area contributed by atoms with Crippen LogP contribution >= 0.6 is 23.2 Å². The fourth-order valence-electron chi connectivity index (χ4n) is 2.36. The van der Waals surface area contributed by atoms with Gasteiger partial charge < -0.3 is 5.11 Å². The Labute approximate surface area is 139 Å². The second-order valence-corrected chi connectivity index (χ2v) is 5.88. The molecule has 1 atom stereocenters. The summed E-state index contributed by atoms with van der Waals surface area (Å²) in [5.41, 5.74) is 3.81. The number of hydrogen-bond donors (Lipinski definition) is 1. The fourth-order valence-corrected chi connectivity index (χ4v) is 2.67. The summed E-state index contributed by atoms with van der Waals surface area (Å²) < 4.78 is 0. The maximum Gasteiger partial charge on any atom is 0.104 e. The van der Waals surface area contributed by atoms with Gasteiger partial charge in [-0.3, -0.25) is 0 Å². The van der Waals surface area contributed by atoms with Crippen molar-refractivity contribution in [2.24, 2.45) is 0 Å². The van der Waals surface area contributed by atoms with Gasteiger partial charge >= 0.3 is 0 Å². The van der Waals surface area contributed by atoms with E-state index in [1.165, 1.54) is 0 Å². The summed E-state index contributed by atoms with van der Waals surface area (Å²) in [6.45, 7) is 0. The Hall–Kier alpha value is -1.80. The van der Waals surface area contributed by atoms with Crippen molar-refractivity contribution < 1.29 is 5.11 Å². The number of rotatable bonds is 3. The van der Waals surface area contributed by atoms with E-state index in [0.717, 1.165) is 22.3 Å². The van der Waals surface area contributed by atoms with Crippen molar-refractivity contribution >= 4 is 23.2 Å². The van der Waals surface area contributed by atoms with Crippen LogP contribution < -0.4 is 0 Å². The highest BCUT2D eigenvalue weighted by molar-refractivity contribution is 6.42. The summed E-state index contributed by atoms with van der Waals surface area (Å²) in [7, 11) is 0. The Bertz CT molecular complexity index is 767. The molecule has 0 aliphatic carbocycles. The van der Waals surface area contributed by atoms with Crippen LogP contribution in [0.1, 0.15) is 17.2 Å². The van der Waals surface area contributed by atoms with Crippen molar-refractivity contribution in [2.75, 3.05) is 0 Å². The molecule has 0 saturated carbocycles. The summed E-state index contributed by atoms with van der Waals surface area (Å²) in [5.74, 6) is 0. The number of hydrogen-bond acceptors (Lipinski definition) is 1. The predicted octanol–water partition coefficient (Wildman–Crippen LogP) is 5.74. The first-order valence-electron chi connectivity index (χ1n) is 6.93. The van der Waals surface area contributed by atoms with Gasteiger partial charge in [0.1, 0.15) is 6.10 Å². The molecular weight excluding hydrogens is 315 g/mol. The third kappa shape index (κ3) is 3.17. The molecule has 3 rings (SSSR count). The van der Waals surface area contributed by atoms with Gasteiger partial charge in [-0.05, 0) is 34.4 Å². The van der Waals surface area contributed by atoms with Gasteiger partial charge in [0.25, 0.3) is 0 Å². The van der Waals surface area contributed by atoms with E-state index in [1.807, 2.05) is 42.5 Å². The summed E-state index contributed by atoms with van der Waals surface area (Å²) in [4.78, 5) is 0. The van der Waals surface area contributed by atoms with Gasteiger partial charge in [-0.15, -0.1) is 0 Å². The molecule has 0 bridgehead atoms. The third-order valence-corrected chi connectivity index (χ3v) is 4.33. The topological polar surface area (TPSA) is 20.2 Å². The van der Waals surface area contributed by atoms with E-state index in [-0.39, 0.29) is 0 Å². The molecule has 0 saturated heterocycles. The standard InChI is InChI=1S/C19H14Cl2O/c20-17-11-10-16(12-18(17)21)19(22)15-8-6-14(7-9-15)13-4-2-1-3-5-13/h1-12,19,22H. The van der Waals surface area contributed by atoms with Gasteiger partial charge in [0.05, 0.1) is 10.0 Å². The Morgan fingerprint density at radius 3 is 1.86 bits per heavy atom. The average molecular weight is 329 g/mol. The first kappa shape index (κ1) is 15.1. The maximum atomic E-state index is 10.5. The molecule has 0 fully saturated rings. The first-order chi connectivity index (χ1) is 10.6. The Kier molecular flexibility index (Phi) is 4.49. The molecule has 0 amide bonds. The Morgan fingerprint density at radius 2 is 1.23 bits per heavy atom. The van der Waals surface area contributed by atoms with E-state index in [1.54, 1.807) is 18.2 Å². The van der Waals surface area contributed by atoms with E-state index >= 15 is 0 Å². The van der Waals surface area contributed by atoms with E-state index in [0.29, 0.717) is 10.0 Å². The lowest BCUT2D eigenvalue weighted by Gasteiger charge is -2.13. The van der Waals surface area contributed by atoms with Crippen molar-refractivity contribution in [3.05, 3.63) is 94.0 Å². The zero-order valence-electron chi connectivity index (χ0n) is 11.7. The molecule has 110 valence electrons. The van der Waals surface area contributed by atoms with Crippen LogP contribution in [0.15, 0.2) is 72.8 Å². The number of aliphatic hydroxyl groups is 1. The predicted molar refractivity (Wildman–Crippen MR) is 92.4 cm³/mol. The smallest absolute Gasteiger partial charge is 0.104 e. The summed E-state index contributed by atoms with van der Waals surface area (Å²) in [5, 5.41) is 11.4. The highest BCUT2D eigenvalue weighted by atomic mass is 35.5. The van der Waals surface area contributed by atoms with Gasteiger partial charge in [0.15, 0.2) is 0 Å². The minimum atomic E-state index is -0.723. The molecule has 0 spiro atoms. The second-order valence-electron chi connectivity index (χ2n) is 5.06. The zero-order chi connectivity index (χ0) is 15.5. The molecule has 0 aliphatic heterocycles. The van der Waals surface area contributed by atoms with Crippen molar-refractivity contribution in [3.8, 4) is 11.1 Å². The molecule has 22 heavy (non-hydrogen) atoms. The van der Waals surface area contributed by atoms with Crippen LogP contribution in [-0.2, 0) is 0 Å². The van der Waals surface area contributed by atoms with Crippen molar-refractivity contribution in [1.82, 2.24) is 0 Å². The lowest BCUT2D eigenvalue weighted by molar-refractivity contribution is 0.220. The highest BCUT2D eigenvalue weighted by Gasteiger charge is 2.12. The summed E-state index contributed by atoms with van der Waals surface area (Å²) in [6, 6.07) is 23.2. The van der Waals surface area contributed by atoms with E-state index < -0.39 is 6.10 Å². The molecule has 3 heteroatoms. The van der Waals surface area contributed by atoms with Crippen LogP contribution in [0.5, 0.6) is 0 Å². The largest absolute Gasteiger partial charge is 0.384 e. The highest BCUT2D eigenvalue weighted by Crippen LogP contribution is 2.30. The Balaban J connectivity index is 1.87. The van der Waals surface area contributed by atoms with Crippen LogP contribution in [-0.4, -0.2) is 5.11 Å². The van der Waals surface area contributed by atoms with Gasteiger partial charge in [-0.2, -0.15) is 0 Å². The molecule has 1 N–H and O–H groups in total. The molecule has 3 aromatic carbocycles. The van der Waals surface area contributed by atoms with E-state index in [2.05, 4.69) is 12.1 Å². The first-order valence-corrected chi connectivity index (χ1v) is 7.69. The molecule has 0 radical (unpaired) electrons. The third-order valence-electron chi connectivity index (χ3n) is 3.59. The number of aliphatic hydroxyl groups excluding tert-OH is 1. The van der Waals surface area contributed by atoms with Crippen LogP contribution in [0.2, 0.25) is 10.0 Å². The van der Waals surface area contributed by atoms with Crippen molar-refractivity contribution in [2.45, 2.75) is 6.10 Å². The van der Waals surface area contributed by atoms with Gasteiger partial charge in [-0.25, -0.2) is 0 Å². The van der Waals surface area contributed by atoms with Gasteiger partial charge in [0, 0.05) is 0 Å². The minimum absolute atomic E-state index is 0.444. The molecule has 3 aromatic rings. The van der Waals surface area contributed by atoms with E-state index in [9.17, 15) is 5.11 Å².